The smallest absolute Gasteiger partial charge is 0.328 e. The molecule has 0 radical (unpaired) electrons. The van der Waals surface area contributed by atoms with Crippen molar-refractivity contribution in [2.24, 2.45) is 0 Å². The molecule has 12 heteroatoms. The van der Waals surface area contributed by atoms with E-state index in [1.165, 1.54) is 231 Å². The summed E-state index contributed by atoms with van der Waals surface area (Å²) in [4.78, 5) is 82.9. The van der Waals surface area contributed by atoms with Crippen LogP contribution in [0.25, 0.3) is 54.6 Å². The lowest BCUT2D eigenvalue weighted by atomic mass is 9.84. The maximum absolute atomic E-state index is 14.3. The molecule has 0 aromatic heterocycles. The van der Waals surface area contributed by atoms with E-state index in [1.54, 1.807) is 24.3 Å². The molecule has 2 atom stereocenters. The quantitative estimate of drug-likeness (QED) is 0.0163. The number of rotatable bonds is 66. The summed E-state index contributed by atoms with van der Waals surface area (Å²) in [5.74, 6) is -2.76. The molecule has 2 unspecified atom stereocenters. The third-order valence-corrected chi connectivity index (χ3v) is 22.2. The average molecular weight is 1510 g/mol. The molecule has 6 aromatic carbocycles. The minimum atomic E-state index is -1.05. The van der Waals surface area contributed by atoms with Gasteiger partial charge in [0.1, 0.15) is 12.1 Å². The first-order valence-corrected chi connectivity index (χ1v) is 44.9. The molecule has 0 aliphatic heterocycles. The number of carbonyl (C=O) groups is 6. The van der Waals surface area contributed by atoms with Crippen molar-refractivity contribution >= 4 is 68.0 Å². The second kappa shape index (κ2) is 58.8. The van der Waals surface area contributed by atoms with Crippen molar-refractivity contribution in [2.75, 3.05) is 26.4 Å². The zero-order valence-corrected chi connectivity index (χ0v) is 69.2. The Labute approximate surface area is 665 Å². The summed E-state index contributed by atoms with van der Waals surface area (Å²) < 4.78 is 23.0. The lowest BCUT2D eigenvalue weighted by Crippen LogP contribution is -2.42. The second-order valence-corrected chi connectivity index (χ2v) is 31.7. The first-order valence-electron chi connectivity index (χ1n) is 44.9. The molecule has 0 spiro atoms. The molecular weight excluding hydrogens is 1370 g/mol. The predicted molar refractivity (Wildman–Crippen MR) is 459 cm³/mol. The number of ether oxygens (including phenoxy) is 4. The summed E-state index contributed by atoms with van der Waals surface area (Å²) in [5.41, 5.74) is 4.48. The summed E-state index contributed by atoms with van der Waals surface area (Å²) in [6, 6.07) is 33.9. The van der Waals surface area contributed by atoms with Crippen LogP contribution in [0.1, 0.15) is 382 Å². The van der Waals surface area contributed by atoms with Crippen molar-refractivity contribution in [3.63, 3.8) is 0 Å². The van der Waals surface area contributed by atoms with Crippen molar-refractivity contribution in [1.82, 2.24) is 10.6 Å². The number of unbranched alkanes of at least 4 members (excludes halogenated alkanes) is 44. The van der Waals surface area contributed by atoms with E-state index in [1.807, 2.05) is 48.5 Å². The van der Waals surface area contributed by atoms with Gasteiger partial charge in [-0.05, 0) is 129 Å². The van der Waals surface area contributed by atoms with Crippen molar-refractivity contribution < 1.29 is 47.7 Å². The Morgan fingerprint density at radius 2 is 0.509 bits per heavy atom. The van der Waals surface area contributed by atoms with Gasteiger partial charge in [-0.15, -0.1) is 0 Å². The predicted octanol–water partition coefficient (Wildman–Crippen LogP) is 27.2. The maximum Gasteiger partial charge on any atom is 0.328 e. The molecule has 0 heterocycles. The third-order valence-electron chi connectivity index (χ3n) is 22.2. The molecule has 0 bridgehead atoms. The molecule has 608 valence electrons. The number of hydrogen-bond donors (Lipinski definition) is 2. The Balaban J connectivity index is 1.12. The van der Waals surface area contributed by atoms with Gasteiger partial charge in [-0.2, -0.15) is 0 Å². The van der Waals surface area contributed by atoms with Gasteiger partial charge in [0.15, 0.2) is 0 Å². The second-order valence-electron chi connectivity index (χ2n) is 31.7. The fraction of sp³-hybridized carbons (Fsp3) is 0.633. The van der Waals surface area contributed by atoms with Gasteiger partial charge in [0.05, 0.1) is 26.4 Å². The van der Waals surface area contributed by atoms with Crippen LogP contribution in [-0.2, 0) is 38.1 Å². The Morgan fingerprint density at radius 3 is 0.773 bits per heavy atom. The Hall–Kier alpha value is -7.08. The lowest BCUT2D eigenvalue weighted by molar-refractivity contribution is -0.149. The standard InChI is InChI=1S/C98H146N2O10/c1-5-9-13-17-21-25-29-33-37-41-45-53-73-107-91(101)71-69-89(97(105)109-75-55-47-43-39-35-31-27-23-19-15-11-7-3)99-95(103)81-65-61-79(62-66-81)93-85-59-51-52-60-86(85)94(88-78-84-58-50-49-57-83(84)77-87(88)93)80-63-67-82(68-64-80)96(104)100-90(98(106)110-76-56-48-44-40-36-32-28-24-20-16-12-8-4)70-72-92(102)108-74-54-46-42-38-34-30-26-22-18-14-10-6-2/h49-52,57-68,77-78,89-90H,5-48,53-56,69-76H2,1-4H3,(H,99,103)(H,100,104). The highest BCUT2D eigenvalue weighted by Gasteiger charge is 2.27. The Morgan fingerprint density at radius 1 is 0.273 bits per heavy atom. The largest absolute Gasteiger partial charge is 0.466 e. The summed E-state index contributed by atoms with van der Waals surface area (Å²) in [6.07, 6.45) is 57.9. The molecule has 12 nitrogen and oxygen atoms in total. The van der Waals surface area contributed by atoms with E-state index in [4.69, 9.17) is 18.9 Å². The molecule has 2 amide bonds. The van der Waals surface area contributed by atoms with Gasteiger partial charge in [-0.3, -0.25) is 19.2 Å². The number of hydrogen-bond acceptors (Lipinski definition) is 10. The van der Waals surface area contributed by atoms with Crippen molar-refractivity contribution in [3.05, 3.63) is 120 Å². The van der Waals surface area contributed by atoms with Crippen LogP contribution in [0, 0.1) is 0 Å². The number of esters is 4. The highest BCUT2D eigenvalue weighted by molar-refractivity contribution is 6.23. The molecule has 2 N–H and O–H groups in total. The Kier molecular flexibility index (Phi) is 49.0. The fourth-order valence-electron chi connectivity index (χ4n) is 15.4. The van der Waals surface area contributed by atoms with E-state index in [0.29, 0.717) is 24.3 Å². The topological polar surface area (TPSA) is 163 Å². The number of fused-ring (bicyclic) bond motifs is 3. The lowest BCUT2D eigenvalue weighted by Gasteiger charge is -2.20. The van der Waals surface area contributed by atoms with Crippen molar-refractivity contribution in [2.45, 2.75) is 374 Å². The van der Waals surface area contributed by atoms with E-state index >= 15 is 0 Å². The number of carbonyl (C=O) groups excluding carboxylic acids is 6. The highest BCUT2D eigenvalue weighted by Crippen LogP contribution is 2.45. The monoisotopic (exact) mass is 1510 g/mol. The zero-order chi connectivity index (χ0) is 78.1. The zero-order valence-electron chi connectivity index (χ0n) is 69.2. The van der Waals surface area contributed by atoms with Crippen LogP contribution in [0.4, 0.5) is 0 Å². The van der Waals surface area contributed by atoms with Gasteiger partial charge in [0.25, 0.3) is 11.8 Å². The van der Waals surface area contributed by atoms with E-state index in [9.17, 15) is 28.8 Å². The fourth-order valence-corrected chi connectivity index (χ4v) is 15.4. The third kappa shape index (κ3) is 37.0. The number of nitrogens with one attached hydrogen (secondary N) is 2. The van der Waals surface area contributed by atoms with Gasteiger partial charge in [-0.1, -0.05) is 383 Å². The molecule has 6 aromatic rings. The molecule has 0 saturated carbocycles. The van der Waals surface area contributed by atoms with E-state index in [2.05, 4.69) is 74.7 Å². The van der Waals surface area contributed by atoms with Crippen LogP contribution in [0.2, 0.25) is 0 Å². The van der Waals surface area contributed by atoms with Gasteiger partial charge < -0.3 is 29.6 Å². The van der Waals surface area contributed by atoms with Crippen LogP contribution in [0.3, 0.4) is 0 Å². The van der Waals surface area contributed by atoms with E-state index in [-0.39, 0.29) is 50.8 Å². The van der Waals surface area contributed by atoms with E-state index < -0.39 is 35.8 Å². The van der Waals surface area contributed by atoms with Crippen molar-refractivity contribution in [1.29, 1.82) is 0 Å². The van der Waals surface area contributed by atoms with Gasteiger partial charge >= 0.3 is 23.9 Å². The molecule has 6 rings (SSSR count). The summed E-state index contributed by atoms with van der Waals surface area (Å²) >= 11 is 0. The van der Waals surface area contributed by atoms with Gasteiger partial charge in [0, 0.05) is 24.0 Å². The summed E-state index contributed by atoms with van der Waals surface area (Å²) in [7, 11) is 0. The molecule has 0 aliphatic rings. The average Bonchev–Trinajstić information content (AvgIpc) is 0.727. The Bertz CT molecular complexity index is 3260. The minimum absolute atomic E-state index is 0.0294. The minimum Gasteiger partial charge on any atom is -0.466 e. The first-order chi connectivity index (χ1) is 54.1. The van der Waals surface area contributed by atoms with Crippen LogP contribution < -0.4 is 10.6 Å². The van der Waals surface area contributed by atoms with E-state index in [0.717, 1.165) is 132 Å². The summed E-state index contributed by atoms with van der Waals surface area (Å²) in [5, 5.41) is 12.0. The van der Waals surface area contributed by atoms with Gasteiger partial charge in [0.2, 0.25) is 0 Å². The van der Waals surface area contributed by atoms with Crippen LogP contribution in [0.15, 0.2) is 109 Å². The molecule has 0 saturated heterocycles. The van der Waals surface area contributed by atoms with Crippen LogP contribution >= 0.6 is 0 Å². The molecule has 0 aliphatic carbocycles. The highest BCUT2D eigenvalue weighted by atomic mass is 16.5. The molecule has 110 heavy (non-hydrogen) atoms. The molecule has 0 fully saturated rings. The summed E-state index contributed by atoms with van der Waals surface area (Å²) in [6.45, 7) is 10.2. The normalized spacial score (nSPS) is 12.0. The van der Waals surface area contributed by atoms with Crippen LogP contribution in [-0.4, -0.2) is 74.2 Å². The van der Waals surface area contributed by atoms with Crippen molar-refractivity contribution in [3.8, 4) is 22.3 Å². The number of benzene rings is 6. The number of amides is 2. The SMILES string of the molecule is CCCCCCCCCCCCCCOC(=O)CCC(NC(=O)c1ccc(-c2c3ccccc3c(-c3ccc(C(=O)NC(CCC(=O)OCCCCCCCCCCCCCC)C(=O)OCCCCCCCCCCCCCC)cc3)c3cc4ccccc4cc23)cc1)C(=O)OCCCCCCCCCCCCCC. The molecular formula is C98H146N2O10. The van der Waals surface area contributed by atoms with Crippen LogP contribution in [0.5, 0.6) is 0 Å². The maximum atomic E-state index is 14.3. The first kappa shape index (κ1) is 91.8. The van der Waals surface area contributed by atoms with Gasteiger partial charge in [-0.25, -0.2) is 9.59 Å².